The Morgan fingerprint density at radius 1 is 1.12 bits per heavy atom. The first-order valence-corrected chi connectivity index (χ1v) is 14.2. The second-order valence-electron chi connectivity index (χ2n) is 10.4. The Balaban J connectivity index is 1.47. The number of morpholine rings is 1. The van der Waals surface area contributed by atoms with Gasteiger partial charge in [0.1, 0.15) is 6.17 Å². The molecule has 2 atom stereocenters. The third-order valence-corrected chi connectivity index (χ3v) is 9.66. The van der Waals surface area contributed by atoms with E-state index in [1.165, 1.54) is 28.7 Å². The molecular formula is C29H25F2N3O7S. The highest BCUT2D eigenvalue weighted by molar-refractivity contribution is 8.00. The molecule has 1 saturated heterocycles. The lowest BCUT2D eigenvalue weighted by Gasteiger charge is -2.51. The van der Waals surface area contributed by atoms with Crippen LogP contribution in [0.3, 0.4) is 0 Å². The molecule has 0 bridgehead atoms. The Kier molecular flexibility index (Phi) is 6.39. The van der Waals surface area contributed by atoms with Crippen molar-refractivity contribution < 1.29 is 37.3 Å². The molecule has 10 nitrogen and oxygen atoms in total. The average molecular weight is 598 g/mol. The van der Waals surface area contributed by atoms with Crippen LogP contribution in [0, 0.1) is 11.6 Å². The van der Waals surface area contributed by atoms with Crippen LogP contribution in [0.4, 0.5) is 13.6 Å². The molecule has 3 aliphatic heterocycles. The van der Waals surface area contributed by atoms with Crippen LogP contribution >= 0.6 is 11.8 Å². The van der Waals surface area contributed by atoms with Gasteiger partial charge in [-0.25, -0.2) is 13.6 Å². The highest BCUT2D eigenvalue weighted by atomic mass is 32.2. The summed E-state index contributed by atoms with van der Waals surface area (Å²) in [5.41, 5.74) is 1.01. The highest BCUT2D eigenvalue weighted by Crippen LogP contribution is 2.64. The molecule has 1 unspecified atom stereocenters. The SMILES string of the molecule is COC(=O)OCOc1c2n(ccc1=O)N(C1c3ccccc3SC3(CC3)c3c1ccc(F)c3F)[C@@H]1COCCN1C2=O. The molecule has 4 heterocycles. The van der Waals surface area contributed by atoms with Gasteiger partial charge in [-0.15, -0.1) is 11.8 Å². The quantitative estimate of drug-likeness (QED) is 0.328. The smallest absolute Gasteiger partial charge is 0.451 e. The number of fused-ring (bicyclic) bond motifs is 5. The lowest BCUT2D eigenvalue weighted by molar-refractivity contribution is -0.0209. The third kappa shape index (κ3) is 4.05. The number of halogens is 2. The number of carbonyl (C=O) groups is 2. The van der Waals surface area contributed by atoms with E-state index in [4.69, 9.17) is 14.2 Å². The van der Waals surface area contributed by atoms with E-state index >= 15 is 4.39 Å². The predicted molar refractivity (Wildman–Crippen MR) is 145 cm³/mol. The van der Waals surface area contributed by atoms with E-state index in [1.807, 2.05) is 29.3 Å². The number of benzene rings is 2. The number of hydrogen-bond acceptors (Lipinski definition) is 9. The van der Waals surface area contributed by atoms with E-state index in [0.717, 1.165) is 23.6 Å². The summed E-state index contributed by atoms with van der Waals surface area (Å²) in [6.07, 6.45) is 1.16. The predicted octanol–water partition coefficient (Wildman–Crippen LogP) is 3.88. The summed E-state index contributed by atoms with van der Waals surface area (Å²) in [7, 11) is 1.13. The topological polar surface area (TPSA) is 99.5 Å². The number of carbonyl (C=O) groups excluding carboxylic acids is 2. The fraction of sp³-hybridized carbons (Fsp3) is 0.345. The van der Waals surface area contributed by atoms with Gasteiger partial charge in [-0.2, -0.15) is 0 Å². The van der Waals surface area contributed by atoms with Crippen molar-refractivity contribution in [2.24, 2.45) is 0 Å². The van der Waals surface area contributed by atoms with Crippen LogP contribution in [0.25, 0.3) is 0 Å². The summed E-state index contributed by atoms with van der Waals surface area (Å²) in [5, 5.41) is 1.86. The number of rotatable bonds is 4. The summed E-state index contributed by atoms with van der Waals surface area (Å²) in [5.74, 6) is -2.61. The summed E-state index contributed by atoms with van der Waals surface area (Å²) in [6.45, 7) is -0.0449. The van der Waals surface area contributed by atoms with Crippen molar-refractivity contribution in [1.82, 2.24) is 9.58 Å². The minimum atomic E-state index is -1.02. The molecule has 218 valence electrons. The standard InChI is InChI=1S/C29H25F2N3O7S/c1-38-28(37)41-15-40-26-19(35)8-11-33-25(26)27(36)32-12-13-39-14-21(32)34(33)24-16-4-2-3-5-20(16)42-29(9-10-29)22-17(24)6-7-18(30)23(22)31/h2-8,11,21,24H,9-10,12-15H2,1H3/t21-,24?/m1/s1. The van der Waals surface area contributed by atoms with Crippen molar-refractivity contribution in [3.63, 3.8) is 0 Å². The number of aromatic nitrogens is 1. The largest absolute Gasteiger partial charge is 0.510 e. The van der Waals surface area contributed by atoms with Crippen molar-refractivity contribution in [2.75, 3.05) is 38.7 Å². The van der Waals surface area contributed by atoms with Crippen molar-refractivity contribution >= 4 is 23.8 Å². The van der Waals surface area contributed by atoms with E-state index in [-0.39, 0.29) is 31.2 Å². The zero-order valence-corrected chi connectivity index (χ0v) is 23.2. The van der Waals surface area contributed by atoms with E-state index in [9.17, 15) is 18.8 Å². The van der Waals surface area contributed by atoms with Crippen LogP contribution in [0.15, 0.2) is 58.4 Å². The molecular weight excluding hydrogens is 572 g/mol. The van der Waals surface area contributed by atoms with Crippen molar-refractivity contribution in [3.05, 3.63) is 92.9 Å². The number of ether oxygens (including phenoxy) is 4. The van der Waals surface area contributed by atoms with Gasteiger partial charge in [0.25, 0.3) is 5.91 Å². The Morgan fingerprint density at radius 3 is 2.71 bits per heavy atom. The van der Waals surface area contributed by atoms with Crippen molar-refractivity contribution in [1.29, 1.82) is 0 Å². The van der Waals surface area contributed by atoms with Gasteiger partial charge in [-0.05, 0) is 36.1 Å². The van der Waals surface area contributed by atoms with E-state index in [1.54, 1.807) is 11.0 Å². The maximum Gasteiger partial charge on any atom is 0.510 e. The molecule has 1 aromatic heterocycles. The molecule has 13 heteroatoms. The van der Waals surface area contributed by atoms with Gasteiger partial charge in [0.2, 0.25) is 18.0 Å². The van der Waals surface area contributed by atoms with Gasteiger partial charge in [-0.3, -0.25) is 19.3 Å². The van der Waals surface area contributed by atoms with Gasteiger partial charge in [-0.1, -0.05) is 24.3 Å². The van der Waals surface area contributed by atoms with Gasteiger partial charge >= 0.3 is 6.16 Å². The van der Waals surface area contributed by atoms with E-state index < -0.39 is 52.9 Å². The van der Waals surface area contributed by atoms with Gasteiger partial charge in [0, 0.05) is 34.0 Å². The molecule has 2 fully saturated rings. The Labute approximate surface area is 242 Å². The minimum Gasteiger partial charge on any atom is -0.451 e. The Morgan fingerprint density at radius 2 is 1.93 bits per heavy atom. The molecule has 7 rings (SSSR count). The molecule has 0 N–H and O–H groups in total. The van der Waals surface area contributed by atoms with Crippen LogP contribution in [-0.2, 0) is 19.0 Å². The summed E-state index contributed by atoms with van der Waals surface area (Å²) < 4.78 is 52.2. The molecule has 0 radical (unpaired) electrons. The first kappa shape index (κ1) is 26.8. The van der Waals surface area contributed by atoms with Crippen LogP contribution in [0.1, 0.15) is 46.1 Å². The third-order valence-electron chi connectivity index (χ3n) is 8.07. The average Bonchev–Trinajstić information content (AvgIpc) is 3.79. The molecule has 2 aromatic carbocycles. The monoisotopic (exact) mass is 597 g/mol. The molecule has 3 aromatic rings. The van der Waals surface area contributed by atoms with E-state index in [2.05, 4.69) is 4.74 Å². The van der Waals surface area contributed by atoms with Crippen LogP contribution in [0.5, 0.6) is 5.75 Å². The lowest BCUT2D eigenvalue weighted by Crippen LogP contribution is -2.66. The van der Waals surface area contributed by atoms with Crippen LogP contribution in [0.2, 0.25) is 0 Å². The molecule has 1 amide bonds. The lowest BCUT2D eigenvalue weighted by atomic mass is 9.90. The second-order valence-corrected chi connectivity index (χ2v) is 11.8. The zero-order valence-electron chi connectivity index (χ0n) is 22.4. The molecule has 1 saturated carbocycles. The summed E-state index contributed by atoms with van der Waals surface area (Å²) >= 11 is 1.52. The number of pyridine rings is 1. The zero-order chi connectivity index (χ0) is 29.2. The first-order valence-electron chi connectivity index (χ1n) is 13.4. The molecule has 1 aliphatic carbocycles. The van der Waals surface area contributed by atoms with Gasteiger partial charge in [0.05, 0.1) is 26.4 Å². The second kappa shape index (κ2) is 10.0. The number of amides is 1. The fourth-order valence-electron chi connectivity index (χ4n) is 6.09. The minimum absolute atomic E-state index is 0.0891. The fourth-order valence-corrected chi connectivity index (χ4v) is 7.57. The van der Waals surface area contributed by atoms with Crippen LogP contribution < -0.4 is 15.2 Å². The number of thioether (sulfide) groups is 1. The Hall–Kier alpha value is -4.10. The summed E-state index contributed by atoms with van der Waals surface area (Å²) in [4.78, 5) is 41.0. The number of nitrogens with zero attached hydrogens (tertiary/aromatic N) is 3. The number of methoxy groups -OCH3 is 1. The number of hydrogen-bond donors (Lipinski definition) is 0. The molecule has 1 spiro atoms. The normalized spacial score (nSPS) is 21.5. The Bertz CT molecular complexity index is 1680. The van der Waals surface area contributed by atoms with Gasteiger partial charge in [0.15, 0.2) is 17.3 Å². The first-order chi connectivity index (χ1) is 20.3. The maximum absolute atomic E-state index is 15.8. The van der Waals surface area contributed by atoms with Gasteiger partial charge < -0.3 is 23.8 Å². The highest BCUT2D eigenvalue weighted by Gasteiger charge is 2.54. The maximum atomic E-state index is 15.8. The molecule has 42 heavy (non-hydrogen) atoms. The summed E-state index contributed by atoms with van der Waals surface area (Å²) in [6, 6.07) is 11.0. The van der Waals surface area contributed by atoms with Crippen molar-refractivity contribution in [2.45, 2.75) is 34.7 Å². The van der Waals surface area contributed by atoms with Crippen molar-refractivity contribution in [3.8, 4) is 5.75 Å². The molecule has 4 aliphatic rings. The van der Waals surface area contributed by atoms with Crippen LogP contribution in [-0.4, -0.2) is 61.5 Å². The van der Waals surface area contributed by atoms with E-state index in [0.29, 0.717) is 24.0 Å².